The highest BCUT2D eigenvalue weighted by Crippen LogP contribution is 2.27. The number of nitrogens with one attached hydrogen (secondary N) is 2. The van der Waals surface area contributed by atoms with Gasteiger partial charge >= 0.3 is 0 Å². The SMILES string of the molecule is CC(C)COc1cccc2[nH]c(C(=O)NC3CCN(CCN4CCC(O)CC4)CC3)cc12. The molecule has 1 amide bonds. The van der Waals surface area contributed by atoms with Crippen LogP contribution in [0.5, 0.6) is 5.75 Å². The van der Waals surface area contributed by atoms with Crippen molar-refractivity contribution in [3.8, 4) is 5.75 Å². The van der Waals surface area contributed by atoms with E-state index in [1.54, 1.807) is 0 Å². The van der Waals surface area contributed by atoms with Crippen molar-refractivity contribution in [3.63, 3.8) is 0 Å². The molecule has 176 valence electrons. The van der Waals surface area contributed by atoms with E-state index in [0.29, 0.717) is 18.2 Å². The van der Waals surface area contributed by atoms with Crippen molar-refractivity contribution in [2.75, 3.05) is 45.9 Å². The van der Waals surface area contributed by atoms with Crippen molar-refractivity contribution >= 4 is 16.8 Å². The lowest BCUT2D eigenvalue weighted by atomic mass is 10.0. The molecule has 0 bridgehead atoms. The van der Waals surface area contributed by atoms with E-state index in [0.717, 1.165) is 81.6 Å². The van der Waals surface area contributed by atoms with Gasteiger partial charge in [-0.25, -0.2) is 0 Å². The number of rotatable bonds is 8. The Hall–Kier alpha value is -2.09. The Morgan fingerprint density at radius 2 is 1.78 bits per heavy atom. The first-order chi connectivity index (χ1) is 15.5. The van der Waals surface area contributed by atoms with Gasteiger partial charge in [-0.15, -0.1) is 0 Å². The molecular formula is C25H38N4O3. The van der Waals surface area contributed by atoms with Gasteiger partial charge in [0.25, 0.3) is 5.91 Å². The number of H-pyrrole nitrogens is 1. The summed E-state index contributed by atoms with van der Waals surface area (Å²) >= 11 is 0. The second-order valence-electron chi connectivity index (χ2n) is 9.77. The van der Waals surface area contributed by atoms with E-state index in [1.807, 2.05) is 24.3 Å². The van der Waals surface area contributed by atoms with Crippen LogP contribution in [0.3, 0.4) is 0 Å². The van der Waals surface area contributed by atoms with E-state index < -0.39 is 0 Å². The summed E-state index contributed by atoms with van der Waals surface area (Å²) in [6.45, 7) is 11.1. The van der Waals surface area contributed by atoms with Crippen LogP contribution in [0.25, 0.3) is 10.9 Å². The molecule has 7 heteroatoms. The molecule has 3 N–H and O–H groups in total. The molecule has 7 nitrogen and oxygen atoms in total. The lowest BCUT2D eigenvalue weighted by Crippen LogP contribution is -2.47. The number of likely N-dealkylation sites (tertiary alicyclic amines) is 2. The van der Waals surface area contributed by atoms with Crippen LogP contribution < -0.4 is 10.1 Å². The number of fused-ring (bicyclic) bond motifs is 1. The molecule has 4 rings (SSSR count). The van der Waals surface area contributed by atoms with Crippen molar-refractivity contribution in [2.45, 2.75) is 51.7 Å². The number of nitrogens with zero attached hydrogens (tertiary/aromatic N) is 2. The Labute approximate surface area is 191 Å². The van der Waals surface area contributed by atoms with E-state index >= 15 is 0 Å². The van der Waals surface area contributed by atoms with Gasteiger partial charge in [0.05, 0.1) is 12.7 Å². The standard InChI is InChI=1S/C25H38N4O3/c1-18(2)17-32-24-5-3-4-22-21(24)16-23(27-22)25(31)26-19-6-10-28(11-7-19)14-15-29-12-8-20(30)9-13-29/h3-5,16,18-20,27,30H,6-15,17H2,1-2H3,(H,26,31). The van der Waals surface area contributed by atoms with Crippen molar-refractivity contribution < 1.29 is 14.6 Å². The number of hydrogen-bond donors (Lipinski definition) is 3. The summed E-state index contributed by atoms with van der Waals surface area (Å²) in [5.74, 6) is 1.23. The van der Waals surface area contributed by atoms with Crippen LogP contribution in [0.1, 0.15) is 50.0 Å². The highest BCUT2D eigenvalue weighted by Gasteiger charge is 2.23. The number of aromatic nitrogens is 1. The molecule has 3 heterocycles. The van der Waals surface area contributed by atoms with Gasteiger partial charge in [-0.2, -0.15) is 0 Å². The van der Waals surface area contributed by atoms with Crippen molar-refractivity contribution in [1.29, 1.82) is 0 Å². The maximum atomic E-state index is 12.9. The number of benzene rings is 1. The average Bonchev–Trinajstić information content (AvgIpc) is 3.23. The minimum absolute atomic E-state index is 0.0404. The van der Waals surface area contributed by atoms with E-state index in [9.17, 15) is 9.90 Å². The number of carbonyl (C=O) groups is 1. The fourth-order valence-corrected chi connectivity index (χ4v) is 4.62. The minimum atomic E-state index is -0.109. The fourth-order valence-electron chi connectivity index (χ4n) is 4.62. The summed E-state index contributed by atoms with van der Waals surface area (Å²) in [7, 11) is 0. The molecule has 0 atom stereocenters. The molecule has 2 fully saturated rings. The van der Waals surface area contributed by atoms with Gasteiger partial charge in [-0.1, -0.05) is 19.9 Å². The second-order valence-corrected chi connectivity index (χ2v) is 9.77. The molecule has 2 saturated heterocycles. The first kappa shape index (κ1) is 23.1. The Bertz CT molecular complexity index is 880. The van der Waals surface area contributed by atoms with Crippen molar-refractivity contribution in [2.24, 2.45) is 5.92 Å². The van der Waals surface area contributed by atoms with Crippen LogP contribution in [0.4, 0.5) is 0 Å². The number of piperidine rings is 2. The summed E-state index contributed by atoms with van der Waals surface area (Å²) in [4.78, 5) is 21.1. The molecule has 2 aliphatic rings. The van der Waals surface area contributed by atoms with Crippen LogP contribution in [0.15, 0.2) is 24.3 Å². The summed E-state index contributed by atoms with van der Waals surface area (Å²) < 4.78 is 5.93. The van der Waals surface area contributed by atoms with Crippen LogP contribution in [-0.2, 0) is 0 Å². The molecule has 0 radical (unpaired) electrons. The van der Waals surface area contributed by atoms with E-state index in [-0.39, 0.29) is 18.1 Å². The number of ether oxygens (including phenoxy) is 1. The van der Waals surface area contributed by atoms with Crippen LogP contribution >= 0.6 is 0 Å². The van der Waals surface area contributed by atoms with Gasteiger partial charge in [0.1, 0.15) is 11.4 Å². The normalized spacial score (nSPS) is 19.6. The third-order valence-corrected chi connectivity index (χ3v) is 6.65. The maximum absolute atomic E-state index is 12.9. The molecule has 0 unspecified atom stereocenters. The quantitative estimate of drug-likeness (QED) is 0.586. The first-order valence-electron chi connectivity index (χ1n) is 12.2. The topological polar surface area (TPSA) is 80.8 Å². The van der Waals surface area contributed by atoms with Gasteiger partial charge < -0.3 is 29.9 Å². The zero-order chi connectivity index (χ0) is 22.5. The molecular weight excluding hydrogens is 404 g/mol. The van der Waals surface area contributed by atoms with Crippen molar-refractivity contribution in [1.82, 2.24) is 20.1 Å². The third-order valence-electron chi connectivity index (χ3n) is 6.65. The van der Waals surface area contributed by atoms with E-state index in [1.165, 1.54) is 0 Å². The predicted octanol–water partition coefficient (Wildman–Crippen LogP) is 2.85. The lowest BCUT2D eigenvalue weighted by Gasteiger charge is -2.35. The van der Waals surface area contributed by atoms with E-state index in [4.69, 9.17) is 4.74 Å². The van der Waals surface area contributed by atoms with E-state index in [2.05, 4.69) is 33.9 Å². The number of aromatic amines is 1. The Morgan fingerprint density at radius 3 is 2.44 bits per heavy atom. The van der Waals surface area contributed by atoms with Gasteiger partial charge in [-0.05, 0) is 49.8 Å². The monoisotopic (exact) mass is 442 g/mol. The van der Waals surface area contributed by atoms with Gasteiger partial charge in [-0.3, -0.25) is 4.79 Å². The zero-order valence-corrected chi connectivity index (χ0v) is 19.5. The molecule has 2 aliphatic heterocycles. The molecule has 0 aliphatic carbocycles. The highest BCUT2D eigenvalue weighted by molar-refractivity contribution is 5.99. The molecule has 0 spiro atoms. The van der Waals surface area contributed by atoms with Gasteiger partial charge in [0.2, 0.25) is 0 Å². The first-order valence-corrected chi connectivity index (χ1v) is 12.2. The Kier molecular flexibility index (Phi) is 7.71. The zero-order valence-electron chi connectivity index (χ0n) is 19.5. The van der Waals surface area contributed by atoms with Crippen LogP contribution in [-0.4, -0.2) is 83.8 Å². The number of amides is 1. The van der Waals surface area contributed by atoms with Gasteiger partial charge in [0.15, 0.2) is 0 Å². The average molecular weight is 443 g/mol. The molecule has 1 aromatic carbocycles. The highest BCUT2D eigenvalue weighted by atomic mass is 16.5. The van der Waals surface area contributed by atoms with Gasteiger partial charge in [0, 0.05) is 56.2 Å². The summed E-state index contributed by atoms with van der Waals surface area (Å²) in [6.07, 6.45) is 3.64. The number of aliphatic hydroxyl groups is 1. The summed E-state index contributed by atoms with van der Waals surface area (Å²) in [5, 5.41) is 13.8. The number of carbonyl (C=O) groups excluding carboxylic acids is 1. The Balaban J connectivity index is 1.25. The maximum Gasteiger partial charge on any atom is 0.267 e. The smallest absolute Gasteiger partial charge is 0.267 e. The summed E-state index contributed by atoms with van der Waals surface area (Å²) in [5.41, 5.74) is 1.52. The fraction of sp³-hybridized carbons (Fsp3) is 0.640. The van der Waals surface area contributed by atoms with Crippen LogP contribution in [0.2, 0.25) is 0 Å². The predicted molar refractivity (Wildman–Crippen MR) is 127 cm³/mol. The Morgan fingerprint density at radius 1 is 1.12 bits per heavy atom. The molecule has 0 saturated carbocycles. The number of aliphatic hydroxyl groups excluding tert-OH is 1. The number of hydrogen-bond acceptors (Lipinski definition) is 5. The lowest BCUT2D eigenvalue weighted by molar-refractivity contribution is 0.0729. The second kappa shape index (κ2) is 10.7. The van der Waals surface area contributed by atoms with Crippen molar-refractivity contribution in [3.05, 3.63) is 30.0 Å². The largest absolute Gasteiger partial charge is 0.493 e. The van der Waals surface area contributed by atoms with Crippen LogP contribution in [0, 0.1) is 5.92 Å². The minimum Gasteiger partial charge on any atom is -0.493 e. The molecule has 32 heavy (non-hydrogen) atoms. The molecule has 2 aromatic rings. The summed E-state index contributed by atoms with van der Waals surface area (Å²) in [6, 6.07) is 8.02. The molecule has 1 aromatic heterocycles. The third kappa shape index (κ3) is 6.03.